The largest absolute Gasteiger partial charge is 0.467 e. The number of amides is 1. The average molecular weight is 392 g/mol. The van der Waals surface area contributed by atoms with Crippen molar-refractivity contribution >= 4 is 5.91 Å². The van der Waals surface area contributed by atoms with Crippen LogP contribution >= 0.6 is 0 Å². The Labute approximate surface area is 172 Å². The lowest BCUT2D eigenvalue weighted by atomic mass is 10.1. The molecule has 3 heterocycles. The van der Waals surface area contributed by atoms with Crippen molar-refractivity contribution in [2.45, 2.75) is 39.3 Å². The molecule has 0 radical (unpaired) electrons. The molecule has 0 aliphatic carbocycles. The van der Waals surface area contributed by atoms with Gasteiger partial charge in [-0.15, -0.1) is 0 Å². The van der Waals surface area contributed by atoms with E-state index in [9.17, 15) is 4.79 Å². The van der Waals surface area contributed by atoms with Crippen LogP contribution in [0.15, 0.2) is 59.2 Å². The summed E-state index contributed by atoms with van der Waals surface area (Å²) in [6, 6.07) is 16.5. The quantitative estimate of drug-likeness (QED) is 0.653. The van der Waals surface area contributed by atoms with Gasteiger partial charge in [0, 0.05) is 17.9 Å². The lowest BCUT2D eigenvalue weighted by Crippen LogP contribution is -2.37. The fourth-order valence-corrected chi connectivity index (χ4v) is 4.30. The maximum atomic E-state index is 13.0. The van der Waals surface area contributed by atoms with E-state index < -0.39 is 0 Å². The smallest absolute Gasteiger partial charge is 0.253 e. The third kappa shape index (κ3) is 4.30. The van der Waals surface area contributed by atoms with Crippen molar-refractivity contribution in [3.63, 3.8) is 0 Å². The van der Waals surface area contributed by atoms with E-state index in [1.54, 1.807) is 6.26 Å². The van der Waals surface area contributed by atoms with E-state index >= 15 is 0 Å². The topological polar surface area (TPSA) is 50.4 Å². The number of likely N-dealkylation sites (tertiary alicyclic amines) is 1. The van der Waals surface area contributed by atoms with Gasteiger partial charge >= 0.3 is 0 Å². The molecule has 1 aliphatic heterocycles. The lowest BCUT2D eigenvalue weighted by molar-refractivity contribution is 0.0937. The summed E-state index contributed by atoms with van der Waals surface area (Å²) in [5, 5.41) is 3.20. The molecule has 0 bridgehead atoms. The molecule has 4 rings (SSSR count). The molecule has 1 atom stereocenters. The van der Waals surface area contributed by atoms with Crippen molar-refractivity contribution in [2.75, 3.05) is 19.6 Å². The van der Waals surface area contributed by atoms with E-state index in [0.29, 0.717) is 13.1 Å². The standard InChI is InChI=1S/C24H29N3O2/c1-18-15-22(19(2)27(18)17-21-11-8-14-29-21)24(28)25-16-23(26-12-6-7-13-26)20-9-4-3-5-10-20/h3-5,8-11,14-15,23H,6-7,12-13,16-17H2,1-2H3,(H,25,28). The third-order valence-electron chi connectivity index (χ3n) is 5.93. The molecule has 1 fully saturated rings. The van der Waals surface area contributed by atoms with Crippen LogP contribution in [0.2, 0.25) is 0 Å². The van der Waals surface area contributed by atoms with Gasteiger partial charge in [0.2, 0.25) is 0 Å². The fourth-order valence-electron chi connectivity index (χ4n) is 4.30. The first-order valence-electron chi connectivity index (χ1n) is 10.4. The van der Waals surface area contributed by atoms with Crippen LogP contribution in [0.1, 0.15) is 52.0 Å². The Hall–Kier alpha value is -2.79. The molecule has 1 aromatic carbocycles. The minimum atomic E-state index is -0.0103. The first-order valence-corrected chi connectivity index (χ1v) is 10.4. The highest BCUT2D eigenvalue weighted by Gasteiger charge is 2.25. The van der Waals surface area contributed by atoms with Gasteiger partial charge in [0.05, 0.1) is 24.4 Å². The van der Waals surface area contributed by atoms with Gasteiger partial charge in [-0.1, -0.05) is 30.3 Å². The maximum Gasteiger partial charge on any atom is 0.253 e. The Bertz CT molecular complexity index is 938. The predicted molar refractivity (Wildman–Crippen MR) is 114 cm³/mol. The Morgan fingerprint density at radius 1 is 1.10 bits per heavy atom. The average Bonchev–Trinajstić information content (AvgIpc) is 3.48. The minimum absolute atomic E-state index is 0.0103. The zero-order valence-corrected chi connectivity index (χ0v) is 17.2. The monoisotopic (exact) mass is 391 g/mol. The Morgan fingerprint density at radius 3 is 2.55 bits per heavy atom. The number of carbonyl (C=O) groups is 1. The molecule has 152 valence electrons. The summed E-state index contributed by atoms with van der Waals surface area (Å²) in [4.78, 5) is 15.5. The zero-order valence-electron chi connectivity index (χ0n) is 17.2. The molecule has 1 N–H and O–H groups in total. The number of nitrogens with zero attached hydrogens (tertiary/aromatic N) is 2. The highest BCUT2D eigenvalue weighted by Crippen LogP contribution is 2.25. The van der Waals surface area contributed by atoms with Gasteiger partial charge in [-0.2, -0.15) is 0 Å². The van der Waals surface area contributed by atoms with Gasteiger partial charge < -0.3 is 14.3 Å². The van der Waals surface area contributed by atoms with Gasteiger partial charge in [-0.3, -0.25) is 9.69 Å². The number of benzene rings is 1. The first-order chi connectivity index (χ1) is 14.1. The van der Waals surface area contributed by atoms with Gasteiger partial charge in [0.15, 0.2) is 0 Å². The number of carbonyl (C=O) groups excluding carboxylic acids is 1. The predicted octanol–water partition coefficient (Wildman–Crippen LogP) is 4.31. The molecule has 0 spiro atoms. The van der Waals surface area contributed by atoms with Crippen LogP contribution in [0.4, 0.5) is 0 Å². The summed E-state index contributed by atoms with van der Waals surface area (Å²) in [5.41, 5.74) is 4.03. The summed E-state index contributed by atoms with van der Waals surface area (Å²) in [6.45, 7) is 7.47. The second-order valence-electron chi connectivity index (χ2n) is 7.83. The number of hydrogen-bond acceptors (Lipinski definition) is 3. The molecule has 3 aromatic rings. The number of nitrogens with one attached hydrogen (secondary N) is 1. The van der Waals surface area contributed by atoms with Crippen LogP contribution in [0, 0.1) is 13.8 Å². The maximum absolute atomic E-state index is 13.0. The highest BCUT2D eigenvalue weighted by molar-refractivity contribution is 5.95. The summed E-state index contributed by atoms with van der Waals surface area (Å²) < 4.78 is 7.60. The Morgan fingerprint density at radius 2 is 1.86 bits per heavy atom. The summed E-state index contributed by atoms with van der Waals surface area (Å²) in [6.07, 6.45) is 4.13. The number of aromatic nitrogens is 1. The van der Waals surface area contributed by atoms with Gasteiger partial charge in [0.1, 0.15) is 5.76 Å². The van der Waals surface area contributed by atoms with Gasteiger partial charge in [0.25, 0.3) is 5.91 Å². The molecule has 0 saturated carbocycles. The number of hydrogen-bond donors (Lipinski definition) is 1. The molecule has 1 aliphatic rings. The van der Waals surface area contributed by atoms with Crippen molar-refractivity contribution in [3.8, 4) is 0 Å². The van der Waals surface area contributed by atoms with Crippen LogP contribution in [0.3, 0.4) is 0 Å². The number of rotatable bonds is 7. The van der Waals surface area contributed by atoms with Crippen LogP contribution in [-0.4, -0.2) is 35.0 Å². The summed E-state index contributed by atoms with van der Waals surface area (Å²) in [5.74, 6) is 0.876. The Balaban J connectivity index is 1.48. The second-order valence-corrected chi connectivity index (χ2v) is 7.83. The molecular weight excluding hydrogens is 362 g/mol. The van der Waals surface area contributed by atoms with Gasteiger partial charge in [-0.05, 0) is 63.5 Å². The van der Waals surface area contributed by atoms with E-state index in [2.05, 4.69) is 39.0 Å². The molecule has 2 aromatic heterocycles. The molecule has 1 saturated heterocycles. The van der Waals surface area contributed by atoms with Crippen molar-refractivity contribution in [2.24, 2.45) is 0 Å². The van der Waals surface area contributed by atoms with E-state index in [4.69, 9.17) is 4.42 Å². The molecule has 5 heteroatoms. The molecule has 1 unspecified atom stereocenters. The normalized spacial score (nSPS) is 15.5. The Kier molecular flexibility index (Phi) is 5.86. The van der Waals surface area contributed by atoms with Crippen LogP contribution in [0.5, 0.6) is 0 Å². The zero-order chi connectivity index (χ0) is 20.2. The molecule has 29 heavy (non-hydrogen) atoms. The fraction of sp³-hybridized carbons (Fsp3) is 0.375. The lowest BCUT2D eigenvalue weighted by Gasteiger charge is -2.28. The van der Waals surface area contributed by atoms with E-state index in [1.807, 2.05) is 38.1 Å². The van der Waals surface area contributed by atoms with Crippen LogP contribution < -0.4 is 5.32 Å². The molecule has 5 nitrogen and oxygen atoms in total. The summed E-state index contributed by atoms with van der Waals surface area (Å²) >= 11 is 0. The van der Waals surface area contributed by atoms with Crippen LogP contribution in [0.25, 0.3) is 0 Å². The molecular formula is C24H29N3O2. The second kappa shape index (κ2) is 8.70. The molecule has 1 amide bonds. The minimum Gasteiger partial charge on any atom is -0.467 e. The van der Waals surface area contributed by atoms with E-state index in [-0.39, 0.29) is 11.9 Å². The van der Waals surface area contributed by atoms with Crippen molar-refractivity contribution in [1.29, 1.82) is 0 Å². The van der Waals surface area contributed by atoms with E-state index in [1.165, 1.54) is 18.4 Å². The van der Waals surface area contributed by atoms with Crippen molar-refractivity contribution in [1.82, 2.24) is 14.8 Å². The number of furan rings is 1. The highest BCUT2D eigenvalue weighted by atomic mass is 16.3. The van der Waals surface area contributed by atoms with Crippen molar-refractivity contribution < 1.29 is 9.21 Å². The SMILES string of the molecule is Cc1cc(C(=O)NCC(c2ccccc2)N2CCCC2)c(C)n1Cc1ccco1. The summed E-state index contributed by atoms with van der Waals surface area (Å²) in [7, 11) is 0. The van der Waals surface area contributed by atoms with Crippen LogP contribution in [-0.2, 0) is 6.54 Å². The van der Waals surface area contributed by atoms with Crippen molar-refractivity contribution in [3.05, 3.63) is 83.1 Å². The van der Waals surface area contributed by atoms with E-state index in [0.717, 1.165) is 35.8 Å². The van der Waals surface area contributed by atoms with Gasteiger partial charge in [-0.25, -0.2) is 0 Å². The first kappa shape index (κ1) is 19.5. The third-order valence-corrected chi connectivity index (χ3v) is 5.93. The number of aryl methyl sites for hydroxylation is 1.